The molecule has 0 amide bonds. The number of pyridine rings is 1. The average Bonchev–Trinajstić information content (AvgIpc) is 2.73. The van der Waals surface area contributed by atoms with Crippen LogP contribution in [0.25, 0.3) is 11.0 Å². The molecular formula is C13H18N4. The van der Waals surface area contributed by atoms with Gasteiger partial charge in [-0.1, -0.05) is 13.8 Å². The molecule has 0 aliphatic rings. The van der Waals surface area contributed by atoms with Gasteiger partial charge in [-0.3, -0.25) is 0 Å². The molecule has 0 atom stereocenters. The van der Waals surface area contributed by atoms with Crippen molar-refractivity contribution in [3.63, 3.8) is 0 Å². The van der Waals surface area contributed by atoms with Crippen LogP contribution in [0.5, 0.6) is 0 Å². The van der Waals surface area contributed by atoms with Gasteiger partial charge in [0.25, 0.3) is 0 Å². The average molecular weight is 230 g/mol. The summed E-state index contributed by atoms with van der Waals surface area (Å²) in [5.41, 5.74) is 2.60. The van der Waals surface area contributed by atoms with Gasteiger partial charge in [0, 0.05) is 24.3 Å². The van der Waals surface area contributed by atoms with Crippen LogP contribution in [-0.4, -0.2) is 29.0 Å². The molecule has 4 heteroatoms. The fourth-order valence-electron chi connectivity index (χ4n) is 1.59. The Balaban J connectivity index is 0.000000686. The number of aromatic amines is 1. The maximum atomic E-state index is 8.80. The normalized spacial score (nSPS) is 9.88. The summed E-state index contributed by atoms with van der Waals surface area (Å²) in [7, 11) is 4.03. The lowest BCUT2D eigenvalue weighted by Crippen LogP contribution is -2.10. The van der Waals surface area contributed by atoms with Gasteiger partial charge in [-0.05, 0) is 25.7 Å². The summed E-state index contributed by atoms with van der Waals surface area (Å²) in [4.78, 5) is 9.37. The summed E-state index contributed by atoms with van der Waals surface area (Å²) in [6, 6.07) is 3.97. The van der Waals surface area contributed by atoms with E-state index in [1.54, 1.807) is 6.20 Å². The molecule has 0 fully saturated rings. The van der Waals surface area contributed by atoms with E-state index in [-0.39, 0.29) is 0 Å². The third kappa shape index (κ3) is 3.05. The van der Waals surface area contributed by atoms with Gasteiger partial charge in [-0.2, -0.15) is 5.26 Å². The van der Waals surface area contributed by atoms with Gasteiger partial charge in [0.05, 0.1) is 5.56 Å². The summed E-state index contributed by atoms with van der Waals surface area (Å²) >= 11 is 0. The van der Waals surface area contributed by atoms with Crippen molar-refractivity contribution in [3.05, 3.63) is 29.6 Å². The van der Waals surface area contributed by atoms with Crippen LogP contribution in [0.15, 0.2) is 18.5 Å². The van der Waals surface area contributed by atoms with Gasteiger partial charge >= 0.3 is 0 Å². The Labute approximate surface area is 102 Å². The molecule has 0 aromatic carbocycles. The predicted octanol–water partition coefficient (Wildman–Crippen LogP) is 2.52. The third-order valence-electron chi connectivity index (χ3n) is 2.23. The molecule has 2 heterocycles. The molecule has 90 valence electrons. The topological polar surface area (TPSA) is 55.7 Å². The zero-order chi connectivity index (χ0) is 12.8. The van der Waals surface area contributed by atoms with E-state index in [9.17, 15) is 0 Å². The molecule has 0 aliphatic carbocycles. The van der Waals surface area contributed by atoms with E-state index >= 15 is 0 Å². The Kier molecular flexibility index (Phi) is 4.68. The van der Waals surface area contributed by atoms with Crippen LogP contribution in [0, 0.1) is 11.3 Å². The van der Waals surface area contributed by atoms with Crippen LogP contribution in [-0.2, 0) is 6.54 Å². The number of fused-ring (bicyclic) bond motifs is 1. The molecule has 2 aromatic rings. The molecule has 0 bridgehead atoms. The van der Waals surface area contributed by atoms with Gasteiger partial charge in [-0.25, -0.2) is 4.98 Å². The molecule has 0 unspecified atom stereocenters. The van der Waals surface area contributed by atoms with Crippen LogP contribution in [0.1, 0.15) is 25.0 Å². The molecule has 17 heavy (non-hydrogen) atoms. The minimum absolute atomic E-state index is 0.599. The van der Waals surface area contributed by atoms with Gasteiger partial charge in [0.1, 0.15) is 11.7 Å². The molecule has 0 spiro atoms. The highest BCUT2D eigenvalue weighted by Crippen LogP contribution is 2.18. The minimum atomic E-state index is 0.599. The van der Waals surface area contributed by atoms with E-state index in [1.807, 2.05) is 40.2 Å². The second-order valence-electron chi connectivity index (χ2n) is 3.78. The largest absolute Gasteiger partial charge is 0.346 e. The van der Waals surface area contributed by atoms with Crippen LogP contribution >= 0.6 is 0 Å². The van der Waals surface area contributed by atoms with Crippen LogP contribution < -0.4 is 0 Å². The standard InChI is InChI=1S/C11H12N4.C2H6/c1-15(2)7-9-6-14-11-10(9)3-8(4-12)5-13-11;1-2/h3,5-6H,7H2,1-2H3,(H,13,14);1-2H3. The second kappa shape index (κ2) is 6.02. The number of aromatic nitrogens is 2. The first-order chi connectivity index (χ1) is 8.20. The maximum Gasteiger partial charge on any atom is 0.137 e. The Hall–Kier alpha value is -1.86. The molecule has 4 nitrogen and oxygen atoms in total. The van der Waals surface area contributed by atoms with Crippen molar-refractivity contribution < 1.29 is 0 Å². The monoisotopic (exact) mass is 230 g/mol. The highest BCUT2D eigenvalue weighted by atomic mass is 15.1. The lowest BCUT2D eigenvalue weighted by molar-refractivity contribution is 0.404. The van der Waals surface area contributed by atoms with E-state index in [0.29, 0.717) is 5.56 Å². The van der Waals surface area contributed by atoms with Crippen molar-refractivity contribution in [1.29, 1.82) is 5.26 Å². The second-order valence-corrected chi connectivity index (χ2v) is 3.78. The molecule has 0 saturated carbocycles. The first-order valence-electron chi connectivity index (χ1n) is 5.71. The third-order valence-corrected chi connectivity index (χ3v) is 2.23. The van der Waals surface area contributed by atoms with Crippen molar-refractivity contribution in [1.82, 2.24) is 14.9 Å². The van der Waals surface area contributed by atoms with E-state index in [2.05, 4.69) is 20.9 Å². The molecule has 2 aromatic heterocycles. The lowest BCUT2D eigenvalue weighted by Gasteiger charge is -2.07. The summed E-state index contributed by atoms with van der Waals surface area (Å²) in [6.45, 7) is 4.84. The number of H-pyrrole nitrogens is 1. The smallest absolute Gasteiger partial charge is 0.137 e. The molecular weight excluding hydrogens is 212 g/mol. The van der Waals surface area contributed by atoms with Crippen molar-refractivity contribution in [2.24, 2.45) is 0 Å². The zero-order valence-electron chi connectivity index (χ0n) is 10.8. The van der Waals surface area contributed by atoms with Crippen LogP contribution in [0.2, 0.25) is 0 Å². The summed E-state index contributed by atoms with van der Waals surface area (Å²) in [5.74, 6) is 0. The summed E-state index contributed by atoms with van der Waals surface area (Å²) < 4.78 is 0. The fourth-order valence-corrected chi connectivity index (χ4v) is 1.59. The molecule has 1 N–H and O–H groups in total. The van der Waals surface area contributed by atoms with E-state index in [4.69, 9.17) is 5.26 Å². The van der Waals surface area contributed by atoms with Crippen molar-refractivity contribution in [2.45, 2.75) is 20.4 Å². The summed E-state index contributed by atoms with van der Waals surface area (Å²) in [5, 5.41) is 9.83. The van der Waals surface area contributed by atoms with Gasteiger partial charge < -0.3 is 9.88 Å². The first-order valence-corrected chi connectivity index (χ1v) is 5.71. The Morgan fingerprint density at radius 2 is 2.12 bits per heavy atom. The lowest BCUT2D eigenvalue weighted by atomic mass is 10.2. The number of nitriles is 1. The molecule has 2 rings (SSSR count). The summed E-state index contributed by atoms with van der Waals surface area (Å²) in [6.07, 6.45) is 3.52. The Morgan fingerprint density at radius 1 is 1.41 bits per heavy atom. The predicted molar refractivity (Wildman–Crippen MR) is 69.5 cm³/mol. The number of nitrogens with one attached hydrogen (secondary N) is 1. The van der Waals surface area contributed by atoms with Crippen LogP contribution in [0.3, 0.4) is 0 Å². The Bertz CT molecular complexity index is 520. The van der Waals surface area contributed by atoms with Crippen molar-refractivity contribution in [2.75, 3.05) is 14.1 Å². The SMILES string of the molecule is CC.CN(C)Cc1c[nH]c2ncc(C#N)cc12. The van der Waals surface area contributed by atoms with Crippen molar-refractivity contribution in [3.8, 4) is 6.07 Å². The maximum absolute atomic E-state index is 8.80. The highest BCUT2D eigenvalue weighted by molar-refractivity contribution is 5.80. The van der Waals surface area contributed by atoms with Gasteiger partial charge in [0.2, 0.25) is 0 Å². The Morgan fingerprint density at radius 3 is 2.71 bits per heavy atom. The fraction of sp³-hybridized carbons (Fsp3) is 0.385. The van der Waals surface area contributed by atoms with Gasteiger partial charge in [-0.15, -0.1) is 0 Å². The quantitative estimate of drug-likeness (QED) is 0.862. The number of hydrogen-bond acceptors (Lipinski definition) is 3. The number of rotatable bonds is 2. The van der Waals surface area contributed by atoms with E-state index in [1.165, 1.54) is 5.56 Å². The van der Waals surface area contributed by atoms with Gasteiger partial charge in [0.15, 0.2) is 0 Å². The van der Waals surface area contributed by atoms with E-state index < -0.39 is 0 Å². The zero-order valence-corrected chi connectivity index (χ0v) is 10.8. The number of hydrogen-bond donors (Lipinski definition) is 1. The number of nitrogens with zero attached hydrogens (tertiary/aromatic N) is 3. The van der Waals surface area contributed by atoms with Crippen molar-refractivity contribution >= 4 is 11.0 Å². The molecule has 0 aliphatic heterocycles. The first kappa shape index (κ1) is 13.2. The minimum Gasteiger partial charge on any atom is -0.346 e. The molecule has 0 saturated heterocycles. The highest BCUT2D eigenvalue weighted by Gasteiger charge is 2.06. The van der Waals surface area contributed by atoms with Crippen LogP contribution in [0.4, 0.5) is 0 Å². The van der Waals surface area contributed by atoms with E-state index in [0.717, 1.165) is 17.6 Å². The molecule has 0 radical (unpaired) electrons.